The molecule has 1 saturated heterocycles. The number of aldehydes is 1. The zero-order valence-corrected chi connectivity index (χ0v) is 11.9. The molecule has 0 aliphatic carbocycles. The molecule has 0 N–H and O–H groups in total. The molecule has 1 aliphatic heterocycles. The molecule has 0 spiro atoms. The van der Waals surface area contributed by atoms with Gasteiger partial charge in [-0.05, 0) is 25.9 Å². The van der Waals surface area contributed by atoms with Gasteiger partial charge in [0, 0.05) is 12.6 Å². The number of nitro benzene ring substituents is 1. The number of likely N-dealkylation sites (tertiary alicyclic amines) is 1. The summed E-state index contributed by atoms with van der Waals surface area (Å²) in [7, 11) is 1.43. The number of hydrogen-bond donors (Lipinski definition) is 0. The number of hydrogen-bond acceptors (Lipinski definition) is 6. The Morgan fingerprint density at radius 2 is 2.05 bits per heavy atom. The zero-order chi connectivity index (χ0) is 15.2. The molecule has 1 aromatic rings. The van der Waals surface area contributed by atoms with Crippen LogP contribution in [0.4, 0.5) is 5.69 Å². The van der Waals surface area contributed by atoms with Crippen LogP contribution in [-0.2, 0) is 0 Å². The fourth-order valence-electron chi connectivity index (χ4n) is 2.38. The minimum Gasteiger partial charge on any atom is -0.493 e. The summed E-state index contributed by atoms with van der Waals surface area (Å²) in [5.74, 6) is 0.609. The molecule has 21 heavy (non-hydrogen) atoms. The predicted molar refractivity (Wildman–Crippen MR) is 76.2 cm³/mol. The maximum Gasteiger partial charge on any atom is 0.283 e. The molecule has 0 unspecified atom stereocenters. The van der Waals surface area contributed by atoms with Crippen LogP contribution in [0.1, 0.15) is 23.2 Å². The van der Waals surface area contributed by atoms with Crippen LogP contribution in [0.15, 0.2) is 12.1 Å². The SMILES string of the molecule is COc1cc(C=O)c([N+](=O)[O-])cc1OCCN1CCCC1. The third-order valence-electron chi connectivity index (χ3n) is 3.50. The van der Waals surface area contributed by atoms with Gasteiger partial charge in [0.25, 0.3) is 5.69 Å². The molecule has 2 rings (SSSR count). The quantitative estimate of drug-likeness (QED) is 0.434. The smallest absolute Gasteiger partial charge is 0.283 e. The van der Waals surface area contributed by atoms with Crippen LogP contribution in [0, 0.1) is 10.1 Å². The van der Waals surface area contributed by atoms with E-state index in [9.17, 15) is 14.9 Å². The van der Waals surface area contributed by atoms with E-state index in [0.29, 0.717) is 18.6 Å². The van der Waals surface area contributed by atoms with Crippen molar-refractivity contribution in [2.75, 3.05) is 33.4 Å². The molecule has 114 valence electrons. The zero-order valence-electron chi connectivity index (χ0n) is 11.9. The normalized spacial score (nSPS) is 14.9. The Hall–Kier alpha value is -2.15. The van der Waals surface area contributed by atoms with Gasteiger partial charge < -0.3 is 9.47 Å². The average molecular weight is 294 g/mol. The Labute approximate surface area is 122 Å². The summed E-state index contributed by atoms with van der Waals surface area (Å²) >= 11 is 0. The minimum atomic E-state index is -0.601. The molecule has 0 atom stereocenters. The monoisotopic (exact) mass is 294 g/mol. The van der Waals surface area contributed by atoms with E-state index in [0.717, 1.165) is 19.6 Å². The number of ether oxygens (including phenoxy) is 2. The highest BCUT2D eigenvalue weighted by Crippen LogP contribution is 2.34. The lowest BCUT2D eigenvalue weighted by atomic mass is 10.1. The van der Waals surface area contributed by atoms with Gasteiger partial charge in [-0.25, -0.2) is 0 Å². The molecule has 1 heterocycles. The molecule has 7 heteroatoms. The summed E-state index contributed by atoms with van der Waals surface area (Å²) in [6.07, 6.45) is 2.83. The maximum absolute atomic E-state index is 11.0. The third-order valence-corrected chi connectivity index (χ3v) is 3.50. The van der Waals surface area contributed by atoms with E-state index in [-0.39, 0.29) is 17.0 Å². The van der Waals surface area contributed by atoms with Crippen LogP contribution >= 0.6 is 0 Å². The van der Waals surface area contributed by atoms with Crippen LogP contribution < -0.4 is 9.47 Å². The van der Waals surface area contributed by atoms with Gasteiger partial charge in [-0.2, -0.15) is 0 Å². The Balaban J connectivity index is 2.10. The number of methoxy groups -OCH3 is 1. The Morgan fingerprint density at radius 1 is 1.33 bits per heavy atom. The highest BCUT2D eigenvalue weighted by Gasteiger charge is 2.19. The van der Waals surface area contributed by atoms with Gasteiger partial charge in [-0.3, -0.25) is 19.8 Å². The van der Waals surface area contributed by atoms with Crippen molar-refractivity contribution in [1.29, 1.82) is 0 Å². The average Bonchev–Trinajstić information content (AvgIpc) is 2.99. The lowest BCUT2D eigenvalue weighted by molar-refractivity contribution is -0.385. The fourth-order valence-corrected chi connectivity index (χ4v) is 2.38. The third kappa shape index (κ3) is 3.69. The lowest BCUT2D eigenvalue weighted by Crippen LogP contribution is -2.25. The molecule has 7 nitrogen and oxygen atoms in total. The van der Waals surface area contributed by atoms with E-state index in [2.05, 4.69) is 4.90 Å². The molecule has 1 aliphatic rings. The van der Waals surface area contributed by atoms with Gasteiger partial charge in [-0.15, -0.1) is 0 Å². The van der Waals surface area contributed by atoms with Crippen molar-refractivity contribution in [2.24, 2.45) is 0 Å². The van der Waals surface area contributed by atoms with Gasteiger partial charge in [0.2, 0.25) is 0 Å². The highest BCUT2D eigenvalue weighted by atomic mass is 16.6. The first kappa shape index (κ1) is 15.2. The molecule has 0 aromatic heterocycles. The van der Waals surface area contributed by atoms with E-state index in [1.54, 1.807) is 0 Å². The van der Waals surface area contributed by atoms with E-state index >= 15 is 0 Å². The first-order valence-electron chi connectivity index (χ1n) is 6.82. The summed E-state index contributed by atoms with van der Waals surface area (Å²) in [4.78, 5) is 23.5. The van der Waals surface area contributed by atoms with Crippen LogP contribution in [0.25, 0.3) is 0 Å². The van der Waals surface area contributed by atoms with Crippen molar-refractivity contribution >= 4 is 12.0 Å². The highest BCUT2D eigenvalue weighted by molar-refractivity contribution is 5.83. The molecule has 0 radical (unpaired) electrons. The standard InChI is InChI=1S/C14H18N2O5/c1-20-13-8-11(10-17)12(16(18)19)9-14(13)21-7-6-15-4-2-3-5-15/h8-10H,2-7H2,1H3. The van der Waals surface area contributed by atoms with Crippen molar-refractivity contribution in [3.8, 4) is 11.5 Å². The Bertz CT molecular complexity index is 526. The summed E-state index contributed by atoms with van der Waals surface area (Å²) in [5, 5.41) is 11.0. The Morgan fingerprint density at radius 3 is 2.62 bits per heavy atom. The van der Waals surface area contributed by atoms with Crippen molar-refractivity contribution in [3.63, 3.8) is 0 Å². The van der Waals surface area contributed by atoms with Crippen molar-refractivity contribution in [1.82, 2.24) is 4.90 Å². The van der Waals surface area contributed by atoms with Crippen LogP contribution in [0.3, 0.4) is 0 Å². The molecule has 0 bridgehead atoms. The number of carbonyl (C=O) groups excluding carboxylic acids is 1. The van der Waals surface area contributed by atoms with Gasteiger partial charge in [0.05, 0.1) is 23.7 Å². The fraction of sp³-hybridized carbons (Fsp3) is 0.500. The second kappa shape index (κ2) is 7.03. The number of rotatable bonds is 7. The molecule has 1 aromatic carbocycles. The summed E-state index contributed by atoms with van der Waals surface area (Å²) in [6.45, 7) is 3.32. The van der Waals surface area contributed by atoms with Crippen LogP contribution in [0.2, 0.25) is 0 Å². The number of nitrogens with zero attached hydrogens (tertiary/aromatic N) is 2. The van der Waals surface area contributed by atoms with Crippen molar-refractivity contribution in [3.05, 3.63) is 27.8 Å². The molecule has 0 saturated carbocycles. The van der Waals surface area contributed by atoms with E-state index in [1.165, 1.54) is 32.1 Å². The number of benzene rings is 1. The molecular weight excluding hydrogens is 276 g/mol. The van der Waals surface area contributed by atoms with Crippen molar-refractivity contribution in [2.45, 2.75) is 12.8 Å². The van der Waals surface area contributed by atoms with Crippen LogP contribution in [0.5, 0.6) is 11.5 Å². The second-order valence-electron chi connectivity index (χ2n) is 4.83. The molecule has 1 fully saturated rings. The largest absolute Gasteiger partial charge is 0.493 e. The second-order valence-corrected chi connectivity index (χ2v) is 4.83. The van der Waals surface area contributed by atoms with Gasteiger partial charge in [-0.1, -0.05) is 0 Å². The van der Waals surface area contributed by atoms with Crippen molar-refractivity contribution < 1.29 is 19.2 Å². The summed E-state index contributed by atoms with van der Waals surface area (Å²) in [6, 6.07) is 2.57. The van der Waals surface area contributed by atoms with E-state index in [4.69, 9.17) is 9.47 Å². The topological polar surface area (TPSA) is 81.9 Å². The van der Waals surface area contributed by atoms with Gasteiger partial charge in [0.1, 0.15) is 6.61 Å². The molecule has 0 amide bonds. The Kier molecular flexibility index (Phi) is 5.10. The molecular formula is C14H18N2O5. The summed E-state index contributed by atoms with van der Waals surface area (Å²) in [5.41, 5.74) is -0.300. The predicted octanol–water partition coefficient (Wildman–Crippen LogP) is 1.89. The first-order valence-corrected chi connectivity index (χ1v) is 6.82. The van der Waals surface area contributed by atoms with Gasteiger partial charge >= 0.3 is 0 Å². The van der Waals surface area contributed by atoms with E-state index in [1.807, 2.05) is 0 Å². The summed E-state index contributed by atoms with van der Waals surface area (Å²) < 4.78 is 10.7. The first-order chi connectivity index (χ1) is 10.2. The van der Waals surface area contributed by atoms with Gasteiger partial charge in [0.15, 0.2) is 17.8 Å². The maximum atomic E-state index is 11.0. The van der Waals surface area contributed by atoms with E-state index < -0.39 is 4.92 Å². The lowest BCUT2D eigenvalue weighted by Gasteiger charge is -2.16. The minimum absolute atomic E-state index is 0.0243. The van der Waals surface area contributed by atoms with Crippen LogP contribution in [-0.4, -0.2) is 49.5 Å². The number of carbonyl (C=O) groups is 1. The number of nitro groups is 1.